The summed E-state index contributed by atoms with van der Waals surface area (Å²) in [6, 6.07) is 10.7. The molecule has 2 aromatic rings. The van der Waals surface area contributed by atoms with Crippen LogP contribution in [0.5, 0.6) is 5.75 Å². The molecule has 0 spiro atoms. The second-order valence-corrected chi connectivity index (χ2v) is 3.85. The Balaban J connectivity index is 2.27. The SMILES string of the molecule is NOc1cc(/C=C/c2ccc(F)cc2)cc(N=O)c1. The minimum atomic E-state index is -0.289. The zero-order valence-electron chi connectivity index (χ0n) is 9.92. The summed E-state index contributed by atoms with van der Waals surface area (Å²) in [6.45, 7) is 0. The van der Waals surface area contributed by atoms with Crippen LogP contribution in [0.4, 0.5) is 10.1 Å². The second kappa shape index (κ2) is 5.88. The van der Waals surface area contributed by atoms with Crippen molar-refractivity contribution >= 4 is 17.8 Å². The van der Waals surface area contributed by atoms with E-state index in [-0.39, 0.29) is 11.5 Å². The summed E-state index contributed by atoms with van der Waals surface area (Å²) >= 11 is 0. The van der Waals surface area contributed by atoms with E-state index in [2.05, 4.69) is 10.0 Å². The first-order chi connectivity index (χ1) is 9.21. The van der Waals surface area contributed by atoms with Gasteiger partial charge in [-0.1, -0.05) is 24.3 Å². The van der Waals surface area contributed by atoms with Gasteiger partial charge in [-0.2, -0.15) is 5.90 Å². The summed E-state index contributed by atoms with van der Waals surface area (Å²) in [4.78, 5) is 15.1. The molecule has 0 radical (unpaired) electrons. The summed E-state index contributed by atoms with van der Waals surface area (Å²) in [6.07, 6.45) is 3.54. The fourth-order valence-corrected chi connectivity index (χ4v) is 1.59. The van der Waals surface area contributed by atoms with E-state index >= 15 is 0 Å². The highest BCUT2D eigenvalue weighted by atomic mass is 19.1. The van der Waals surface area contributed by atoms with Gasteiger partial charge < -0.3 is 4.84 Å². The lowest BCUT2D eigenvalue weighted by molar-refractivity contribution is 0.334. The maximum atomic E-state index is 12.7. The molecule has 0 fully saturated rings. The van der Waals surface area contributed by atoms with E-state index in [4.69, 9.17) is 5.90 Å². The van der Waals surface area contributed by atoms with Crippen LogP contribution in [-0.4, -0.2) is 0 Å². The lowest BCUT2D eigenvalue weighted by atomic mass is 10.1. The van der Waals surface area contributed by atoms with Crippen LogP contribution in [0, 0.1) is 10.7 Å². The van der Waals surface area contributed by atoms with Crippen LogP contribution >= 0.6 is 0 Å². The summed E-state index contributed by atoms with van der Waals surface area (Å²) in [5, 5.41) is 2.84. The number of nitrogens with two attached hydrogens (primary N) is 1. The van der Waals surface area contributed by atoms with Crippen molar-refractivity contribution < 1.29 is 9.23 Å². The first-order valence-electron chi connectivity index (χ1n) is 5.50. The van der Waals surface area contributed by atoms with Crippen LogP contribution in [0.1, 0.15) is 11.1 Å². The molecule has 0 aliphatic rings. The van der Waals surface area contributed by atoms with Crippen molar-refractivity contribution in [2.75, 3.05) is 0 Å². The molecule has 0 aromatic heterocycles. The van der Waals surface area contributed by atoms with Gasteiger partial charge in [-0.15, -0.1) is 4.91 Å². The third kappa shape index (κ3) is 3.46. The topological polar surface area (TPSA) is 64.7 Å². The smallest absolute Gasteiger partial charge is 0.149 e. The highest BCUT2D eigenvalue weighted by Crippen LogP contribution is 2.23. The molecule has 0 heterocycles. The molecule has 4 nitrogen and oxygen atoms in total. The maximum absolute atomic E-state index is 12.7. The predicted octanol–water partition coefficient (Wildman–Crippen LogP) is 3.65. The maximum Gasteiger partial charge on any atom is 0.149 e. The third-order valence-corrected chi connectivity index (χ3v) is 2.49. The zero-order valence-corrected chi connectivity index (χ0v) is 9.92. The Kier molecular flexibility index (Phi) is 4.00. The Morgan fingerprint density at radius 1 is 1.05 bits per heavy atom. The predicted molar refractivity (Wildman–Crippen MR) is 72.0 cm³/mol. The van der Waals surface area contributed by atoms with Crippen molar-refractivity contribution in [3.8, 4) is 5.75 Å². The second-order valence-electron chi connectivity index (χ2n) is 3.85. The van der Waals surface area contributed by atoms with Gasteiger partial charge in [-0.25, -0.2) is 4.39 Å². The van der Waals surface area contributed by atoms with Gasteiger partial charge in [0, 0.05) is 6.07 Å². The van der Waals surface area contributed by atoms with Crippen molar-refractivity contribution in [3.63, 3.8) is 0 Å². The fraction of sp³-hybridized carbons (Fsp3) is 0. The molecular formula is C14H11FN2O2. The normalized spacial score (nSPS) is 10.6. The summed E-state index contributed by atoms with van der Waals surface area (Å²) < 4.78 is 12.7. The average molecular weight is 258 g/mol. The molecule has 0 atom stereocenters. The Morgan fingerprint density at radius 2 is 1.74 bits per heavy atom. The van der Waals surface area contributed by atoms with Crippen LogP contribution in [-0.2, 0) is 0 Å². The zero-order chi connectivity index (χ0) is 13.7. The summed E-state index contributed by atoms with van der Waals surface area (Å²) in [7, 11) is 0. The molecule has 0 amide bonds. The van der Waals surface area contributed by atoms with Crippen LogP contribution in [0.25, 0.3) is 12.2 Å². The average Bonchev–Trinajstić information content (AvgIpc) is 2.46. The van der Waals surface area contributed by atoms with Crippen molar-refractivity contribution in [1.82, 2.24) is 0 Å². The number of nitroso groups, excluding NO2 is 1. The number of hydrogen-bond acceptors (Lipinski definition) is 4. The number of rotatable bonds is 4. The van der Waals surface area contributed by atoms with E-state index in [1.54, 1.807) is 36.4 Å². The molecule has 19 heavy (non-hydrogen) atoms. The van der Waals surface area contributed by atoms with Crippen LogP contribution in [0.15, 0.2) is 47.6 Å². The quantitative estimate of drug-likeness (QED) is 0.517. The largest absolute Gasteiger partial charge is 0.411 e. The standard InChI is InChI=1S/C14H11FN2O2/c15-12-5-3-10(4-6-12)1-2-11-7-13(17-18)9-14(8-11)19-16/h1-9H,16H2/b2-1+. The minimum Gasteiger partial charge on any atom is -0.411 e. The number of hydrogen-bond donors (Lipinski definition) is 1. The highest BCUT2D eigenvalue weighted by molar-refractivity contribution is 5.71. The van der Waals surface area contributed by atoms with E-state index in [0.717, 1.165) is 5.56 Å². The van der Waals surface area contributed by atoms with Crippen molar-refractivity contribution in [2.45, 2.75) is 0 Å². The van der Waals surface area contributed by atoms with E-state index < -0.39 is 0 Å². The molecule has 0 bridgehead atoms. The Morgan fingerprint density at radius 3 is 2.37 bits per heavy atom. The molecule has 5 heteroatoms. The van der Waals surface area contributed by atoms with Gasteiger partial charge >= 0.3 is 0 Å². The van der Waals surface area contributed by atoms with Gasteiger partial charge in [0.2, 0.25) is 0 Å². The van der Waals surface area contributed by atoms with E-state index in [1.807, 2.05) is 0 Å². The first-order valence-corrected chi connectivity index (χ1v) is 5.50. The lowest BCUT2D eigenvalue weighted by Crippen LogP contribution is -2.01. The van der Waals surface area contributed by atoms with Gasteiger partial charge in [0.1, 0.15) is 17.3 Å². The molecule has 0 saturated carbocycles. The van der Waals surface area contributed by atoms with Gasteiger partial charge in [0.05, 0.1) is 0 Å². The number of benzene rings is 2. The van der Waals surface area contributed by atoms with Crippen LogP contribution in [0.2, 0.25) is 0 Å². The van der Waals surface area contributed by atoms with Gasteiger partial charge in [-0.3, -0.25) is 0 Å². The molecule has 0 aliphatic heterocycles. The summed E-state index contributed by atoms with van der Waals surface area (Å²) in [5.41, 5.74) is 1.77. The van der Waals surface area contributed by atoms with Gasteiger partial charge in [-0.05, 0) is 40.6 Å². The molecule has 2 rings (SSSR count). The van der Waals surface area contributed by atoms with Crippen LogP contribution in [0.3, 0.4) is 0 Å². The van der Waals surface area contributed by atoms with E-state index in [1.165, 1.54) is 18.2 Å². The third-order valence-electron chi connectivity index (χ3n) is 2.49. The molecule has 0 unspecified atom stereocenters. The Bertz CT molecular complexity index is 609. The van der Waals surface area contributed by atoms with Crippen molar-refractivity contribution in [2.24, 2.45) is 11.1 Å². The van der Waals surface area contributed by atoms with Gasteiger partial charge in [0.15, 0.2) is 0 Å². The van der Waals surface area contributed by atoms with Crippen LogP contribution < -0.4 is 10.7 Å². The minimum absolute atomic E-state index is 0.224. The van der Waals surface area contributed by atoms with Gasteiger partial charge in [0.25, 0.3) is 0 Å². The molecule has 0 aliphatic carbocycles. The number of halogens is 1. The molecule has 2 aromatic carbocycles. The Labute approximate surface area is 109 Å². The molecular weight excluding hydrogens is 247 g/mol. The van der Waals surface area contributed by atoms with E-state index in [0.29, 0.717) is 11.3 Å². The van der Waals surface area contributed by atoms with E-state index in [9.17, 15) is 9.30 Å². The summed E-state index contributed by atoms with van der Waals surface area (Å²) in [5.74, 6) is 5.11. The van der Waals surface area contributed by atoms with Crippen molar-refractivity contribution in [1.29, 1.82) is 0 Å². The fourth-order valence-electron chi connectivity index (χ4n) is 1.59. The molecule has 96 valence electrons. The van der Waals surface area contributed by atoms with Crippen molar-refractivity contribution in [3.05, 3.63) is 64.3 Å². The molecule has 2 N–H and O–H groups in total. The first kappa shape index (κ1) is 12.9. The number of nitrogens with zero attached hydrogens (tertiary/aromatic N) is 1. The highest BCUT2D eigenvalue weighted by Gasteiger charge is 2.00. The molecule has 0 saturated heterocycles. The lowest BCUT2D eigenvalue weighted by Gasteiger charge is -2.01. The monoisotopic (exact) mass is 258 g/mol. The Hall–Kier alpha value is -2.53.